The molecule has 3 fully saturated rings. The van der Waals surface area contributed by atoms with Crippen molar-refractivity contribution >= 4 is 23.6 Å². The van der Waals surface area contributed by atoms with Gasteiger partial charge < -0.3 is 19.9 Å². The maximum Gasteiger partial charge on any atom is 0.407 e. The van der Waals surface area contributed by atoms with Gasteiger partial charge in [0.1, 0.15) is 11.4 Å². The molecule has 3 aliphatic rings. The normalized spacial score (nSPS) is 25.4. The summed E-state index contributed by atoms with van der Waals surface area (Å²) in [6.07, 6.45) is 4.19. The molecule has 4 rings (SSSR count). The number of carbonyl (C=O) groups is 3. The zero-order valence-corrected chi connectivity index (χ0v) is 21.8. The van der Waals surface area contributed by atoms with Crippen LogP contribution in [0.25, 0.3) is 0 Å². The standard InChI is InChI=1S/C27H39FN4O4/c1-27(2,3)36-26(35)29-19-14-20(15-19)31(4)16-17-9-11-32(12-10-17)23-7-5-18(13-22(23)28)21-6-8-24(33)30-25(21)34/h5,7,13,17,19-21H,6,8-12,14-16H2,1-4H3,(H,29,35)(H,30,33,34)/t19?,20?,21-/m1/s1. The Hall–Kier alpha value is -2.68. The fourth-order valence-electron chi connectivity index (χ4n) is 5.46. The second-order valence-electron chi connectivity index (χ2n) is 11.6. The summed E-state index contributed by atoms with van der Waals surface area (Å²) in [6.45, 7) is 8.16. The third-order valence-electron chi connectivity index (χ3n) is 7.57. The molecule has 2 N–H and O–H groups in total. The van der Waals surface area contributed by atoms with E-state index in [0.29, 0.717) is 29.6 Å². The van der Waals surface area contributed by atoms with E-state index in [1.165, 1.54) is 6.07 Å². The lowest BCUT2D eigenvalue weighted by molar-refractivity contribution is -0.134. The number of piperidine rings is 2. The third-order valence-corrected chi connectivity index (χ3v) is 7.57. The Morgan fingerprint density at radius 3 is 2.50 bits per heavy atom. The Bertz CT molecular complexity index is 980. The van der Waals surface area contributed by atoms with Crippen molar-refractivity contribution in [2.24, 2.45) is 5.92 Å². The number of nitrogens with one attached hydrogen (secondary N) is 2. The molecule has 36 heavy (non-hydrogen) atoms. The fraction of sp³-hybridized carbons (Fsp3) is 0.667. The molecule has 1 aromatic carbocycles. The smallest absolute Gasteiger partial charge is 0.407 e. The lowest BCUT2D eigenvalue weighted by Gasteiger charge is -2.43. The average molecular weight is 503 g/mol. The van der Waals surface area contributed by atoms with E-state index >= 15 is 0 Å². The van der Waals surface area contributed by atoms with E-state index in [4.69, 9.17) is 4.74 Å². The first kappa shape index (κ1) is 26.4. The summed E-state index contributed by atoms with van der Waals surface area (Å²) in [7, 11) is 2.15. The molecule has 1 saturated carbocycles. The number of ether oxygens (including phenoxy) is 1. The Balaban J connectivity index is 1.21. The SMILES string of the molecule is CN(CC1CCN(c2ccc([C@H]3CCC(=O)NC3=O)cc2F)CC1)C1CC(NC(=O)OC(C)(C)C)C1. The highest BCUT2D eigenvalue weighted by atomic mass is 19.1. The molecule has 0 unspecified atom stereocenters. The van der Waals surface area contributed by atoms with Gasteiger partial charge in [-0.25, -0.2) is 9.18 Å². The van der Waals surface area contributed by atoms with Crippen LogP contribution in [0.3, 0.4) is 0 Å². The first-order valence-corrected chi connectivity index (χ1v) is 13.1. The number of hydrogen-bond donors (Lipinski definition) is 2. The number of carbonyl (C=O) groups excluding carboxylic acids is 3. The molecule has 1 aromatic rings. The predicted molar refractivity (Wildman–Crippen MR) is 135 cm³/mol. The summed E-state index contributed by atoms with van der Waals surface area (Å²) < 4.78 is 20.3. The minimum Gasteiger partial charge on any atom is -0.444 e. The van der Waals surface area contributed by atoms with Crippen molar-refractivity contribution in [1.82, 2.24) is 15.5 Å². The average Bonchev–Trinajstić information content (AvgIpc) is 2.75. The number of halogens is 1. The number of imide groups is 1. The summed E-state index contributed by atoms with van der Waals surface area (Å²) in [5, 5.41) is 5.29. The van der Waals surface area contributed by atoms with Crippen LogP contribution in [0.1, 0.15) is 70.8 Å². The molecule has 2 aliphatic heterocycles. The minimum absolute atomic E-state index is 0.167. The first-order chi connectivity index (χ1) is 17.0. The Morgan fingerprint density at radius 1 is 1.19 bits per heavy atom. The van der Waals surface area contributed by atoms with Crippen molar-refractivity contribution in [2.45, 2.75) is 82.9 Å². The van der Waals surface area contributed by atoms with Crippen LogP contribution in [0.2, 0.25) is 0 Å². The number of rotatable bonds is 6. The van der Waals surface area contributed by atoms with Crippen LogP contribution >= 0.6 is 0 Å². The minimum atomic E-state index is -0.489. The Labute approximate surface area is 212 Å². The molecule has 0 spiro atoms. The first-order valence-electron chi connectivity index (χ1n) is 13.1. The van der Waals surface area contributed by atoms with Crippen LogP contribution in [0.5, 0.6) is 0 Å². The third kappa shape index (κ3) is 6.55. The van der Waals surface area contributed by atoms with Gasteiger partial charge in [0.2, 0.25) is 11.8 Å². The number of amides is 3. The monoisotopic (exact) mass is 502 g/mol. The number of benzene rings is 1. The summed E-state index contributed by atoms with van der Waals surface area (Å²) in [5.41, 5.74) is 0.711. The maximum absolute atomic E-state index is 15.0. The van der Waals surface area contributed by atoms with E-state index in [2.05, 4.69) is 27.5 Å². The number of hydrogen-bond acceptors (Lipinski definition) is 6. The van der Waals surface area contributed by atoms with Gasteiger partial charge in [0.15, 0.2) is 0 Å². The zero-order chi connectivity index (χ0) is 26.0. The molecule has 1 aliphatic carbocycles. The largest absolute Gasteiger partial charge is 0.444 e. The molecular weight excluding hydrogens is 463 g/mol. The molecule has 3 amide bonds. The fourth-order valence-corrected chi connectivity index (χ4v) is 5.46. The van der Waals surface area contributed by atoms with Gasteiger partial charge in [-0.1, -0.05) is 6.07 Å². The number of nitrogens with zero attached hydrogens (tertiary/aromatic N) is 2. The summed E-state index contributed by atoms with van der Waals surface area (Å²) in [6, 6.07) is 5.66. The maximum atomic E-state index is 15.0. The van der Waals surface area contributed by atoms with Gasteiger partial charge in [0.05, 0.1) is 11.6 Å². The quantitative estimate of drug-likeness (QED) is 0.579. The van der Waals surface area contributed by atoms with Crippen LogP contribution in [-0.2, 0) is 14.3 Å². The van der Waals surface area contributed by atoms with Gasteiger partial charge in [-0.2, -0.15) is 0 Å². The van der Waals surface area contributed by atoms with Crippen molar-refractivity contribution in [1.29, 1.82) is 0 Å². The number of alkyl carbamates (subject to hydrolysis) is 1. The highest BCUT2D eigenvalue weighted by Crippen LogP contribution is 2.32. The highest BCUT2D eigenvalue weighted by molar-refractivity contribution is 6.00. The molecule has 2 saturated heterocycles. The van der Waals surface area contributed by atoms with Crippen molar-refractivity contribution in [3.05, 3.63) is 29.6 Å². The lowest BCUT2D eigenvalue weighted by atomic mass is 9.84. The number of anilines is 1. The second-order valence-corrected chi connectivity index (χ2v) is 11.6. The molecule has 2 heterocycles. The van der Waals surface area contributed by atoms with Crippen LogP contribution in [-0.4, -0.2) is 67.2 Å². The van der Waals surface area contributed by atoms with Gasteiger partial charge in [0, 0.05) is 38.1 Å². The van der Waals surface area contributed by atoms with Gasteiger partial charge in [-0.15, -0.1) is 0 Å². The van der Waals surface area contributed by atoms with Crippen molar-refractivity contribution in [3.63, 3.8) is 0 Å². The molecule has 8 nitrogen and oxygen atoms in total. The summed E-state index contributed by atoms with van der Waals surface area (Å²) in [4.78, 5) is 39.9. The Kier molecular flexibility index (Phi) is 7.87. The van der Waals surface area contributed by atoms with E-state index in [1.807, 2.05) is 26.8 Å². The highest BCUT2D eigenvalue weighted by Gasteiger charge is 2.35. The van der Waals surface area contributed by atoms with Gasteiger partial charge >= 0.3 is 6.09 Å². The summed E-state index contributed by atoms with van der Waals surface area (Å²) in [5.74, 6) is -0.850. The van der Waals surface area contributed by atoms with E-state index in [1.54, 1.807) is 6.07 Å². The van der Waals surface area contributed by atoms with E-state index in [-0.39, 0.29) is 36.2 Å². The Morgan fingerprint density at radius 2 is 1.89 bits per heavy atom. The molecule has 0 bridgehead atoms. The van der Waals surface area contributed by atoms with E-state index in [0.717, 1.165) is 45.3 Å². The molecule has 1 atom stereocenters. The molecule has 9 heteroatoms. The molecule has 0 radical (unpaired) electrons. The van der Waals surface area contributed by atoms with Crippen LogP contribution < -0.4 is 15.5 Å². The molecule has 0 aromatic heterocycles. The topological polar surface area (TPSA) is 91.0 Å². The second kappa shape index (κ2) is 10.7. The van der Waals surface area contributed by atoms with Crippen LogP contribution in [0.4, 0.5) is 14.9 Å². The van der Waals surface area contributed by atoms with Crippen LogP contribution in [0, 0.1) is 11.7 Å². The predicted octanol–water partition coefficient (Wildman–Crippen LogP) is 3.55. The molecule has 198 valence electrons. The van der Waals surface area contributed by atoms with Crippen molar-refractivity contribution in [3.8, 4) is 0 Å². The van der Waals surface area contributed by atoms with Gasteiger partial charge in [-0.05, 0) is 83.5 Å². The van der Waals surface area contributed by atoms with E-state index in [9.17, 15) is 18.8 Å². The summed E-state index contributed by atoms with van der Waals surface area (Å²) >= 11 is 0. The lowest BCUT2D eigenvalue weighted by Crippen LogP contribution is -2.54. The van der Waals surface area contributed by atoms with Gasteiger partial charge in [-0.3, -0.25) is 14.9 Å². The zero-order valence-electron chi connectivity index (χ0n) is 21.8. The molecular formula is C27H39FN4O4. The van der Waals surface area contributed by atoms with Crippen molar-refractivity contribution in [2.75, 3.05) is 31.6 Å². The van der Waals surface area contributed by atoms with Crippen LogP contribution in [0.15, 0.2) is 18.2 Å². The van der Waals surface area contributed by atoms with Crippen molar-refractivity contribution < 1.29 is 23.5 Å². The van der Waals surface area contributed by atoms with Gasteiger partial charge in [0.25, 0.3) is 0 Å². The van der Waals surface area contributed by atoms with E-state index < -0.39 is 11.5 Å².